The highest BCUT2D eigenvalue weighted by atomic mass is 14.9. The minimum Gasteiger partial charge on any atom is -0.330 e. The van der Waals surface area contributed by atoms with E-state index in [1.807, 2.05) is 0 Å². The van der Waals surface area contributed by atoms with Crippen LogP contribution in [0.4, 0.5) is 0 Å². The molecule has 3 nitrogen and oxygen atoms in total. The molecule has 0 atom stereocenters. The van der Waals surface area contributed by atoms with Crippen molar-refractivity contribution in [3.05, 3.63) is 0 Å². The first-order valence-corrected chi connectivity index (χ1v) is 5.52. The van der Waals surface area contributed by atoms with Gasteiger partial charge in [-0.05, 0) is 51.9 Å². The lowest BCUT2D eigenvalue weighted by molar-refractivity contribution is 0.520. The van der Waals surface area contributed by atoms with Crippen molar-refractivity contribution >= 4 is 0 Å². The van der Waals surface area contributed by atoms with Crippen LogP contribution in [-0.4, -0.2) is 26.2 Å². The van der Waals surface area contributed by atoms with E-state index >= 15 is 0 Å². The van der Waals surface area contributed by atoms with E-state index in [0.717, 1.165) is 25.9 Å². The summed E-state index contributed by atoms with van der Waals surface area (Å²) in [5.41, 5.74) is 10.5. The molecule has 5 N–H and O–H groups in total. The monoisotopic (exact) mass is 187 g/mol. The van der Waals surface area contributed by atoms with Crippen molar-refractivity contribution in [2.24, 2.45) is 11.5 Å². The molecule has 13 heavy (non-hydrogen) atoms. The quantitative estimate of drug-likeness (QED) is 0.571. The van der Waals surface area contributed by atoms with E-state index in [1.165, 1.54) is 38.8 Å². The Labute approximate surface area is 82.3 Å². The Morgan fingerprint density at radius 2 is 1.31 bits per heavy atom. The lowest BCUT2D eigenvalue weighted by Crippen LogP contribution is -2.21. The zero-order chi connectivity index (χ0) is 9.78. The smallest absolute Gasteiger partial charge is 0.00489 e. The third-order valence-corrected chi connectivity index (χ3v) is 2.12. The van der Waals surface area contributed by atoms with Gasteiger partial charge in [0.1, 0.15) is 0 Å². The molecule has 3 heteroatoms. The highest BCUT2D eigenvalue weighted by Crippen LogP contribution is 1.96. The summed E-state index contributed by atoms with van der Waals surface area (Å²) >= 11 is 0. The lowest BCUT2D eigenvalue weighted by atomic mass is 10.2. The van der Waals surface area contributed by atoms with Crippen LogP contribution in [0.15, 0.2) is 0 Å². The molecule has 1 heterocycles. The van der Waals surface area contributed by atoms with Gasteiger partial charge in [0.2, 0.25) is 0 Å². The maximum Gasteiger partial charge on any atom is -0.00489 e. The summed E-state index contributed by atoms with van der Waals surface area (Å²) in [4.78, 5) is 0. The van der Waals surface area contributed by atoms with E-state index < -0.39 is 0 Å². The largest absolute Gasteiger partial charge is 0.330 e. The average molecular weight is 187 g/mol. The summed E-state index contributed by atoms with van der Waals surface area (Å²) in [5, 5.41) is 3.28. The van der Waals surface area contributed by atoms with E-state index in [-0.39, 0.29) is 0 Å². The molecular formula is C10H25N3. The second-order valence-corrected chi connectivity index (χ2v) is 3.45. The Morgan fingerprint density at radius 3 is 1.54 bits per heavy atom. The standard InChI is InChI=1S/C5H14N2.C5H11N/c6-4-2-1-3-5-7;1-2-4-6-5-3-1/h1-7H2;6H,1-5H2. The van der Waals surface area contributed by atoms with Crippen LogP contribution < -0.4 is 16.8 Å². The Morgan fingerprint density at radius 1 is 0.769 bits per heavy atom. The predicted octanol–water partition coefficient (Wildman–Crippen LogP) is 0.834. The average Bonchev–Trinajstić information content (AvgIpc) is 2.22. The Balaban J connectivity index is 0.000000223. The fourth-order valence-electron chi connectivity index (χ4n) is 1.27. The SMILES string of the molecule is C1CCNCC1.NCCCCCN. The first-order chi connectivity index (χ1) is 6.41. The molecule has 80 valence electrons. The summed E-state index contributed by atoms with van der Waals surface area (Å²) < 4.78 is 0. The lowest BCUT2D eigenvalue weighted by Gasteiger charge is -2.08. The molecule has 1 aliphatic rings. The molecule has 0 saturated carbocycles. The maximum absolute atomic E-state index is 5.23. The van der Waals surface area contributed by atoms with Crippen LogP contribution in [0.3, 0.4) is 0 Å². The van der Waals surface area contributed by atoms with Crippen LogP contribution in [0, 0.1) is 0 Å². The number of hydrogen-bond donors (Lipinski definition) is 3. The second kappa shape index (κ2) is 11.9. The molecule has 0 aromatic rings. The van der Waals surface area contributed by atoms with Gasteiger partial charge in [0, 0.05) is 0 Å². The van der Waals surface area contributed by atoms with Gasteiger partial charge in [-0.2, -0.15) is 0 Å². The van der Waals surface area contributed by atoms with E-state index in [0.29, 0.717) is 0 Å². The van der Waals surface area contributed by atoms with E-state index in [9.17, 15) is 0 Å². The highest BCUT2D eigenvalue weighted by molar-refractivity contribution is 4.55. The van der Waals surface area contributed by atoms with Crippen molar-refractivity contribution in [3.63, 3.8) is 0 Å². The van der Waals surface area contributed by atoms with Gasteiger partial charge in [0.25, 0.3) is 0 Å². The van der Waals surface area contributed by atoms with Crippen LogP contribution in [0.1, 0.15) is 38.5 Å². The van der Waals surface area contributed by atoms with Crippen LogP contribution in [-0.2, 0) is 0 Å². The zero-order valence-corrected chi connectivity index (χ0v) is 8.73. The molecule has 1 aliphatic heterocycles. The summed E-state index contributed by atoms with van der Waals surface area (Å²) in [7, 11) is 0. The predicted molar refractivity (Wildman–Crippen MR) is 58.7 cm³/mol. The number of nitrogens with one attached hydrogen (secondary N) is 1. The fraction of sp³-hybridized carbons (Fsp3) is 1.00. The fourth-order valence-corrected chi connectivity index (χ4v) is 1.27. The van der Waals surface area contributed by atoms with Crippen LogP contribution >= 0.6 is 0 Å². The first-order valence-electron chi connectivity index (χ1n) is 5.52. The molecule has 0 radical (unpaired) electrons. The maximum atomic E-state index is 5.23. The zero-order valence-electron chi connectivity index (χ0n) is 8.73. The molecule has 0 spiro atoms. The minimum atomic E-state index is 0.806. The van der Waals surface area contributed by atoms with Crippen molar-refractivity contribution < 1.29 is 0 Å². The van der Waals surface area contributed by atoms with Crippen molar-refractivity contribution in [1.29, 1.82) is 0 Å². The number of hydrogen-bond acceptors (Lipinski definition) is 3. The van der Waals surface area contributed by atoms with Gasteiger partial charge < -0.3 is 16.8 Å². The van der Waals surface area contributed by atoms with Crippen LogP contribution in [0.2, 0.25) is 0 Å². The molecule has 1 saturated heterocycles. The van der Waals surface area contributed by atoms with Gasteiger partial charge >= 0.3 is 0 Å². The third-order valence-electron chi connectivity index (χ3n) is 2.12. The van der Waals surface area contributed by atoms with Gasteiger partial charge in [0.05, 0.1) is 0 Å². The molecule has 0 aromatic carbocycles. The first kappa shape index (κ1) is 12.9. The molecular weight excluding hydrogens is 162 g/mol. The summed E-state index contributed by atoms with van der Waals surface area (Å²) in [6.07, 6.45) is 7.65. The molecule has 0 amide bonds. The van der Waals surface area contributed by atoms with Crippen molar-refractivity contribution in [2.45, 2.75) is 38.5 Å². The number of rotatable bonds is 4. The van der Waals surface area contributed by atoms with Crippen molar-refractivity contribution in [2.75, 3.05) is 26.2 Å². The van der Waals surface area contributed by atoms with Gasteiger partial charge in [0.15, 0.2) is 0 Å². The van der Waals surface area contributed by atoms with E-state index in [1.54, 1.807) is 0 Å². The van der Waals surface area contributed by atoms with Gasteiger partial charge in [-0.3, -0.25) is 0 Å². The summed E-state index contributed by atoms with van der Waals surface area (Å²) in [6, 6.07) is 0. The minimum absolute atomic E-state index is 0.806. The highest BCUT2D eigenvalue weighted by Gasteiger charge is 1.93. The second-order valence-electron chi connectivity index (χ2n) is 3.45. The Hall–Kier alpha value is -0.120. The van der Waals surface area contributed by atoms with Gasteiger partial charge in [-0.15, -0.1) is 0 Å². The molecule has 0 unspecified atom stereocenters. The van der Waals surface area contributed by atoms with E-state index in [4.69, 9.17) is 11.5 Å². The molecule has 1 rings (SSSR count). The molecule has 0 aromatic heterocycles. The number of nitrogens with two attached hydrogens (primary N) is 2. The van der Waals surface area contributed by atoms with Gasteiger partial charge in [-0.1, -0.05) is 12.8 Å². The molecule has 0 aliphatic carbocycles. The molecule has 0 bridgehead atoms. The summed E-state index contributed by atoms with van der Waals surface area (Å²) in [6.45, 7) is 4.11. The van der Waals surface area contributed by atoms with Gasteiger partial charge in [-0.25, -0.2) is 0 Å². The number of piperidine rings is 1. The normalized spacial score (nSPS) is 16.2. The third kappa shape index (κ3) is 11.9. The van der Waals surface area contributed by atoms with Crippen LogP contribution in [0.25, 0.3) is 0 Å². The Kier molecular flexibility index (Phi) is 11.8. The van der Waals surface area contributed by atoms with Crippen molar-refractivity contribution in [1.82, 2.24) is 5.32 Å². The summed E-state index contributed by atoms with van der Waals surface area (Å²) in [5.74, 6) is 0. The Bertz CT molecular complexity index is 66.7. The van der Waals surface area contributed by atoms with Crippen molar-refractivity contribution in [3.8, 4) is 0 Å². The van der Waals surface area contributed by atoms with E-state index in [2.05, 4.69) is 5.32 Å². The number of unbranched alkanes of at least 4 members (excludes halogenated alkanes) is 2. The van der Waals surface area contributed by atoms with Crippen LogP contribution in [0.5, 0.6) is 0 Å². The topological polar surface area (TPSA) is 64.1 Å². The molecule has 1 fully saturated rings.